The Morgan fingerprint density at radius 2 is 2.20 bits per heavy atom. The average Bonchev–Trinajstić information content (AvgIpc) is 3.17. The smallest absolute Gasteiger partial charge is 0.288 e. The maximum atomic E-state index is 11.8. The molecule has 6 nitrogen and oxygen atoms in total. The van der Waals surface area contributed by atoms with Crippen molar-refractivity contribution in [2.45, 2.75) is 44.6 Å². The lowest BCUT2D eigenvalue weighted by Crippen LogP contribution is -2.36. The van der Waals surface area contributed by atoms with E-state index in [2.05, 4.69) is 25.4 Å². The standard InChI is InChI=1S/C14H23N5O/c20-14(13-16-10-17-18-13)15-8-11-6-7-19(9-11)12-4-2-1-3-5-12/h10-12H,1-9H2,(H,15,20)(H,16,17,18)/t11-/m0/s1. The van der Waals surface area contributed by atoms with E-state index in [-0.39, 0.29) is 5.91 Å². The van der Waals surface area contributed by atoms with Gasteiger partial charge in [0, 0.05) is 19.1 Å². The molecule has 6 heteroatoms. The molecular weight excluding hydrogens is 254 g/mol. The summed E-state index contributed by atoms with van der Waals surface area (Å²) in [5.41, 5.74) is 0. The highest BCUT2D eigenvalue weighted by Crippen LogP contribution is 2.27. The molecule has 0 radical (unpaired) electrons. The summed E-state index contributed by atoms with van der Waals surface area (Å²) in [6.07, 6.45) is 9.43. The summed E-state index contributed by atoms with van der Waals surface area (Å²) in [5, 5.41) is 9.23. The summed E-state index contributed by atoms with van der Waals surface area (Å²) in [5.74, 6) is 0.717. The van der Waals surface area contributed by atoms with Gasteiger partial charge in [-0.2, -0.15) is 5.10 Å². The number of carbonyl (C=O) groups is 1. The number of likely N-dealkylation sites (tertiary alicyclic amines) is 1. The first kappa shape index (κ1) is 13.5. The third-order valence-electron chi connectivity index (χ3n) is 4.59. The number of rotatable bonds is 4. The lowest BCUT2D eigenvalue weighted by Gasteiger charge is -2.31. The monoisotopic (exact) mass is 277 g/mol. The second-order valence-corrected chi connectivity index (χ2v) is 5.99. The predicted molar refractivity (Wildman–Crippen MR) is 75.3 cm³/mol. The zero-order valence-electron chi connectivity index (χ0n) is 11.8. The lowest BCUT2D eigenvalue weighted by molar-refractivity contribution is 0.0936. The molecule has 1 saturated heterocycles. The number of hydrogen-bond donors (Lipinski definition) is 2. The van der Waals surface area contributed by atoms with Crippen LogP contribution < -0.4 is 5.32 Å². The maximum Gasteiger partial charge on any atom is 0.288 e. The van der Waals surface area contributed by atoms with E-state index in [1.807, 2.05) is 0 Å². The van der Waals surface area contributed by atoms with E-state index in [9.17, 15) is 4.79 Å². The summed E-state index contributed by atoms with van der Waals surface area (Å²) in [7, 11) is 0. The van der Waals surface area contributed by atoms with Crippen molar-refractivity contribution in [3.05, 3.63) is 12.2 Å². The highest BCUT2D eigenvalue weighted by molar-refractivity contribution is 5.90. The van der Waals surface area contributed by atoms with E-state index in [0.717, 1.165) is 19.1 Å². The van der Waals surface area contributed by atoms with E-state index in [0.29, 0.717) is 11.7 Å². The fraction of sp³-hybridized carbons (Fsp3) is 0.786. The van der Waals surface area contributed by atoms with Crippen LogP contribution in [0.4, 0.5) is 0 Å². The topological polar surface area (TPSA) is 73.9 Å². The fourth-order valence-electron chi connectivity index (χ4n) is 3.44. The normalized spacial score (nSPS) is 24.9. The van der Waals surface area contributed by atoms with Crippen molar-refractivity contribution in [1.82, 2.24) is 25.4 Å². The van der Waals surface area contributed by atoms with Crippen molar-refractivity contribution >= 4 is 5.91 Å². The number of amides is 1. The summed E-state index contributed by atoms with van der Waals surface area (Å²) >= 11 is 0. The number of hydrogen-bond acceptors (Lipinski definition) is 4. The minimum atomic E-state index is -0.154. The van der Waals surface area contributed by atoms with Crippen molar-refractivity contribution in [3.8, 4) is 0 Å². The molecule has 0 spiro atoms. The number of H-pyrrole nitrogens is 1. The van der Waals surface area contributed by atoms with Gasteiger partial charge in [0.2, 0.25) is 5.82 Å². The molecule has 2 N–H and O–H groups in total. The quantitative estimate of drug-likeness (QED) is 0.867. The molecule has 0 aromatic carbocycles. The third kappa shape index (κ3) is 3.17. The summed E-state index contributed by atoms with van der Waals surface area (Å²) in [6.45, 7) is 3.05. The van der Waals surface area contributed by atoms with Gasteiger partial charge >= 0.3 is 0 Å². The Hall–Kier alpha value is -1.43. The van der Waals surface area contributed by atoms with E-state index in [1.54, 1.807) is 0 Å². The van der Waals surface area contributed by atoms with Crippen LogP contribution in [0.3, 0.4) is 0 Å². The molecular formula is C14H23N5O. The highest BCUT2D eigenvalue weighted by atomic mass is 16.2. The molecule has 1 aliphatic heterocycles. The Bertz CT molecular complexity index is 427. The molecule has 2 fully saturated rings. The number of nitrogens with zero attached hydrogens (tertiary/aromatic N) is 3. The minimum absolute atomic E-state index is 0.154. The second kappa shape index (κ2) is 6.35. The van der Waals surface area contributed by atoms with Gasteiger partial charge in [0.25, 0.3) is 5.91 Å². The van der Waals surface area contributed by atoms with Crippen molar-refractivity contribution in [2.75, 3.05) is 19.6 Å². The average molecular weight is 277 g/mol. The lowest BCUT2D eigenvalue weighted by atomic mass is 9.94. The minimum Gasteiger partial charge on any atom is -0.349 e. The van der Waals surface area contributed by atoms with Gasteiger partial charge < -0.3 is 10.2 Å². The maximum absolute atomic E-state index is 11.8. The second-order valence-electron chi connectivity index (χ2n) is 5.99. The van der Waals surface area contributed by atoms with Gasteiger partial charge in [-0.05, 0) is 31.7 Å². The summed E-state index contributed by atoms with van der Waals surface area (Å²) in [6, 6.07) is 0.790. The van der Waals surface area contributed by atoms with Crippen molar-refractivity contribution in [2.24, 2.45) is 5.92 Å². The molecule has 1 aliphatic carbocycles. The fourth-order valence-corrected chi connectivity index (χ4v) is 3.44. The molecule has 1 amide bonds. The molecule has 1 saturated carbocycles. The largest absolute Gasteiger partial charge is 0.349 e. The van der Waals surface area contributed by atoms with Crippen LogP contribution in [-0.2, 0) is 0 Å². The molecule has 1 aromatic heterocycles. The summed E-state index contributed by atoms with van der Waals surface area (Å²) in [4.78, 5) is 18.3. The first-order valence-corrected chi connectivity index (χ1v) is 7.70. The molecule has 0 unspecified atom stereocenters. The van der Waals surface area contributed by atoms with Crippen molar-refractivity contribution in [3.63, 3.8) is 0 Å². The SMILES string of the molecule is O=C(NC[C@@H]1CCN(C2CCCCC2)C1)c1ncn[nH]1. The van der Waals surface area contributed by atoms with Gasteiger partial charge in [0.15, 0.2) is 0 Å². The first-order valence-electron chi connectivity index (χ1n) is 7.70. The van der Waals surface area contributed by atoms with Crippen LogP contribution in [-0.4, -0.2) is 51.7 Å². The molecule has 3 rings (SSSR count). The van der Waals surface area contributed by atoms with Crippen molar-refractivity contribution < 1.29 is 4.79 Å². The zero-order valence-corrected chi connectivity index (χ0v) is 11.8. The van der Waals surface area contributed by atoms with Gasteiger partial charge in [-0.25, -0.2) is 4.98 Å². The van der Waals surface area contributed by atoms with Gasteiger partial charge in [0.05, 0.1) is 0 Å². The van der Waals surface area contributed by atoms with Gasteiger partial charge in [-0.1, -0.05) is 19.3 Å². The number of aromatic nitrogens is 3. The molecule has 1 atom stereocenters. The Morgan fingerprint density at radius 3 is 2.95 bits per heavy atom. The molecule has 1 aromatic rings. The zero-order chi connectivity index (χ0) is 13.8. The van der Waals surface area contributed by atoms with E-state index in [4.69, 9.17) is 0 Å². The first-order chi connectivity index (χ1) is 9.83. The molecule has 0 bridgehead atoms. The van der Waals surface area contributed by atoms with Crippen LogP contribution in [0.25, 0.3) is 0 Å². The van der Waals surface area contributed by atoms with E-state index in [1.165, 1.54) is 51.4 Å². The van der Waals surface area contributed by atoms with Crippen LogP contribution in [0.2, 0.25) is 0 Å². The van der Waals surface area contributed by atoms with Crippen LogP contribution in [0, 0.1) is 5.92 Å². The van der Waals surface area contributed by atoms with Crippen LogP contribution in [0.1, 0.15) is 49.1 Å². The van der Waals surface area contributed by atoms with Gasteiger partial charge in [-0.3, -0.25) is 9.89 Å². The molecule has 110 valence electrons. The number of carbonyl (C=O) groups excluding carboxylic acids is 1. The molecule has 2 heterocycles. The molecule has 2 aliphatic rings. The van der Waals surface area contributed by atoms with Gasteiger partial charge in [0.1, 0.15) is 6.33 Å². The third-order valence-corrected chi connectivity index (χ3v) is 4.59. The van der Waals surface area contributed by atoms with Crippen LogP contribution >= 0.6 is 0 Å². The van der Waals surface area contributed by atoms with E-state index >= 15 is 0 Å². The number of nitrogens with one attached hydrogen (secondary N) is 2. The van der Waals surface area contributed by atoms with Crippen LogP contribution in [0.15, 0.2) is 6.33 Å². The Kier molecular flexibility index (Phi) is 4.30. The van der Waals surface area contributed by atoms with Gasteiger partial charge in [-0.15, -0.1) is 0 Å². The Morgan fingerprint density at radius 1 is 1.35 bits per heavy atom. The Balaban J connectivity index is 1.42. The Labute approximate surface area is 119 Å². The van der Waals surface area contributed by atoms with E-state index < -0.39 is 0 Å². The number of aromatic amines is 1. The predicted octanol–water partition coefficient (Wildman–Crippen LogP) is 1.19. The van der Waals surface area contributed by atoms with Crippen molar-refractivity contribution in [1.29, 1.82) is 0 Å². The van der Waals surface area contributed by atoms with Crippen LogP contribution in [0.5, 0.6) is 0 Å². The molecule has 20 heavy (non-hydrogen) atoms. The summed E-state index contributed by atoms with van der Waals surface area (Å²) < 4.78 is 0. The highest BCUT2D eigenvalue weighted by Gasteiger charge is 2.29.